The molecule has 5 nitrogen and oxygen atoms in total. The van der Waals surface area contributed by atoms with Crippen LogP contribution in [0.5, 0.6) is 0 Å². The van der Waals surface area contributed by atoms with Gasteiger partial charge in [0, 0.05) is 16.6 Å². The third kappa shape index (κ3) is 6.05. The Morgan fingerprint density at radius 1 is 1.11 bits per heavy atom. The number of ether oxygens (including phenoxy) is 1. The summed E-state index contributed by atoms with van der Waals surface area (Å²) in [6, 6.07) is 13.3. The van der Waals surface area contributed by atoms with Gasteiger partial charge >= 0.3 is 12.1 Å². The highest BCUT2D eigenvalue weighted by molar-refractivity contribution is 7.15. The number of alkyl halides is 3. The van der Waals surface area contributed by atoms with Crippen LogP contribution >= 0.6 is 11.3 Å². The SMILES string of the molecule is CCOC(=O)c1cnn(Cc2nc(-c3cc(/C=C/c4ccccc4)cc(C(F)(F)F)c3)sc2C)c1. The first kappa shape index (κ1) is 24.4. The second-order valence-electron chi connectivity index (χ2n) is 7.75. The van der Waals surface area contributed by atoms with Gasteiger partial charge in [0.05, 0.1) is 36.2 Å². The van der Waals surface area contributed by atoms with Crippen molar-refractivity contribution in [1.29, 1.82) is 0 Å². The lowest BCUT2D eigenvalue weighted by atomic mass is 10.0. The van der Waals surface area contributed by atoms with E-state index < -0.39 is 17.7 Å². The second-order valence-corrected chi connectivity index (χ2v) is 8.96. The molecule has 2 aromatic carbocycles. The molecule has 0 saturated heterocycles. The van der Waals surface area contributed by atoms with Crippen LogP contribution in [0.1, 0.15) is 44.5 Å². The lowest BCUT2D eigenvalue weighted by Gasteiger charge is -2.10. The van der Waals surface area contributed by atoms with E-state index in [0.717, 1.165) is 22.6 Å². The molecular formula is C26H22F3N3O2S. The lowest BCUT2D eigenvalue weighted by molar-refractivity contribution is -0.137. The third-order valence-corrected chi connectivity index (χ3v) is 6.21. The monoisotopic (exact) mass is 497 g/mol. The number of hydrogen-bond acceptors (Lipinski definition) is 5. The number of carbonyl (C=O) groups is 1. The van der Waals surface area contributed by atoms with Gasteiger partial charge in [-0.2, -0.15) is 18.3 Å². The van der Waals surface area contributed by atoms with Crippen molar-refractivity contribution >= 4 is 29.5 Å². The Bertz CT molecular complexity index is 1360. The van der Waals surface area contributed by atoms with Gasteiger partial charge in [-0.3, -0.25) is 4.68 Å². The Kier molecular flexibility index (Phi) is 7.16. The zero-order valence-electron chi connectivity index (χ0n) is 19.0. The zero-order valence-corrected chi connectivity index (χ0v) is 19.9. The zero-order chi connectivity index (χ0) is 25.0. The molecule has 0 saturated carbocycles. The van der Waals surface area contributed by atoms with Crippen molar-refractivity contribution in [3.8, 4) is 10.6 Å². The van der Waals surface area contributed by atoms with Crippen molar-refractivity contribution < 1.29 is 22.7 Å². The topological polar surface area (TPSA) is 57.0 Å². The van der Waals surface area contributed by atoms with E-state index >= 15 is 0 Å². The first-order chi connectivity index (χ1) is 16.7. The average Bonchev–Trinajstić information content (AvgIpc) is 3.45. The number of rotatable bonds is 7. The van der Waals surface area contributed by atoms with E-state index in [1.54, 1.807) is 36.0 Å². The van der Waals surface area contributed by atoms with Crippen LogP contribution in [0.3, 0.4) is 0 Å². The Hall–Kier alpha value is -3.72. The predicted molar refractivity (Wildman–Crippen MR) is 130 cm³/mol. The molecular weight excluding hydrogens is 475 g/mol. The number of thiazole rings is 1. The van der Waals surface area contributed by atoms with Gasteiger partial charge in [-0.1, -0.05) is 42.5 Å². The molecule has 180 valence electrons. The van der Waals surface area contributed by atoms with Gasteiger partial charge in [-0.15, -0.1) is 11.3 Å². The van der Waals surface area contributed by atoms with Crippen LogP contribution in [0.4, 0.5) is 13.2 Å². The van der Waals surface area contributed by atoms with Crippen molar-refractivity contribution in [1.82, 2.24) is 14.8 Å². The van der Waals surface area contributed by atoms with Crippen molar-refractivity contribution in [3.05, 3.63) is 93.7 Å². The van der Waals surface area contributed by atoms with Crippen LogP contribution < -0.4 is 0 Å². The fourth-order valence-corrected chi connectivity index (χ4v) is 4.32. The smallest absolute Gasteiger partial charge is 0.416 e. The number of benzene rings is 2. The fourth-order valence-electron chi connectivity index (χ4n) is 3.41. The summed E-state index contributed by atoms with van der Waals surface area (Å²) < 4.78 is 47.4. The largest absolute Gasteiger partial charge is 0.462 e. The van der Waals surface area contributed by atoms with Crippen LogP contribution in [0, 0.1) is 6.92 Å². The number of esters is 1. The molecule has 0 fully saturated rings. The molecule has 0 aliphatic rings. The summed E-state index contributed by atoms with van der Waals surface area (Å²) in [6.07, 6.45) is 1.93. The molecule has 0 N–H and O–H groups in total. The van der Waals surface area contributed by atoms with Crippen molar-refractivity contribution in [2.24, 2.45) is 0 Å². The predicted octanol–water partition coefficient (Wildman–Crippen LogP) is 6.73. The number of carbonyl (C=O) groups excluding carboxylic acids is 1. The fraction of sp³-hybridized carbons (Fsp3) is 0.192. The van der Waals surface area contributed by atoms with E-state index in [0.29, 0.717) is 27.4 Å². The van der Waals surface area contributed by atoms with Gasteiger partial charge < -0.3 is 4.74 Å². The van der Waals surface area contributed by atoms with E-state index in [1.807, 2.05) is 37.3 Å². The van der Waals surface area contributed by atoms with Crippen LogP contribution in [-0.4, -0.2) is 27.3 Å². The van der Waals surface area contributed by atoms with E-state index in [2.05, 4.69) is 10.1 Å². The Balaban J connectivity index is 1.64. The van der Waals surface area contributed by atoms with E-state index in [1.165, 1.54) is 17.5 Å². The normalized spacial score (nSPS) is 11.8. The summed E-state index contributed by atoms with van der Waals surface area (Å²) in [7, 11) is 0. The summed E-state index contributed by atoms with van der Waals surface area (Å²) in [5.41, 5.74) is 1.97. The van der Waals surface area contributed by atoms with Crippen LogP contribution in [-0.2, 0) is 17.5 Å². The summed E-state index contributed by atoms with van der Waals surface area (Å²) >= 11 is 1.32. The Labute approximate surface area is 204 Å². The molecule has 0 radical (unpaired) electrons. The maximum Gasteiger partial charge on any atom is 0.416 e. The molecule has 4 aromatic rings. The summed E-state index contributed by atoms with van der Waals surface area (Å²) in [6.45, 7) is 4.12. The molecule has 4 rings (SSSR count). The minimum absolute atomic E-state index is 0.262. The quantitative estimate of drug-likeness (QED) is 0.210. The molecule has 0 amide bonds. The Morgan fingerprint density at radius 2 is 1.86 bits per heavy atom. The van der Waals surface area contributed by atoms with Gasteiger partial charge in [0.15, 0.2) is 0 Å². The molecule has 0 aliphatic heterocycles. The van der Waals surface area contributed by atoms with Crippen LogP contribution in [0.15, 0.2) is 60.9 Å². The minimum atomic E-state index is -4.49. The Morgan fingerprint density at radius 3 is 2.57 bits per heavy atom. The van der Waals surface area contributed by atoms with Gasteiger partial charge in [0.25, 0.3) is 0 Å². The maximum absolute atomic E-state index is 13.6. The summed E-state index contributed by atoms with van der Waals surface area (Å²) in [5, 5.41) is 4.66. The van der Waals surface area contributed by atoms with Gasteiger partial charge in [0.1, 0.15) is 5.01 Å². The molecule has 0 bridgehead atoms. The van der Waals surface area contributed by atoms with Crippen LogP contribution in [0.25, 0.3) is 22.7 Å². The second kappa shape index (κ2) is 10.3. The van der Waals surface area contributed by atoms with Gasteiger partial charge in [-0.25, -0.2) is 9.78 Å². The first-order valence-electron chi connectivity index (χ1n) is 10.8. The molecule has 0 atom stereocenters. The van der Waals surface area contributed by atoms with Crippen molar-refractivity contribution in [2.45, 2.75) is 26.6 Å². The highest BCUT2D eigenvalue weighted by Crippen LogP contribution is 2.36. The third-order valence-electron chi connectivity index (χ3n) is 5.15. The number of aryl methyl sites for hydroxylation is 1. The average molecular weight is 498 g/mol. The number of nitrogens with zero attached hydrogens (tertiary/aromatic N) is 3. The number of aromatic nitrogens is 3. The lowest BCUT2D eigenvalue weighted by Crippen LogP contribution is -2.05. The van der Waals surface area contributed by atoms with Crippen LogP contribution in [0.2, 0.25) is 0 Å². The highest BCUT2D eigenvalue weighted by Gasteiger charge is 2.31. The summed E-state index contributed by atoms with van der Waals surface area (Å²) in [5.74, 6) is -0.463. The van der Waals surface area contributed by atoms with E-state index in [9.17, 15) is 18.0 Å². The van der Waals surface area contributed by atoms with Crippen molar-refractivity contribution in [3.63, 3.8) is 0 Å². The molecule has 9 heteroatoms. The van der Waals surface area contributed by atoms with Gasteiger partial charge in [0.2, 0.25) is 0 Å². The van der Waals surface area contributed by atoms with E-state index in [-0.39, 0.29) is 13.2 Å². The molecule has 0 aliphatic carbocycles. The molecule has 2 aromatic heterocycles. The summed E-state index contributed by atoms with van der Waals surface area (Å²) in [4.78, 5) is 17.3. The first-order valence-corrected chi connectivity index (χ1v) is 11.7. The standard InChI is InChI=1S/C26H22F3N3O2S/c1-3-34-25(33)21-14-30-32(15-21)16-23-17(2)35-24(31-23)20-11-19(12-22(13-20)26(27,28)29)10-9-18-7-5-4-6-8-18/h4-15H,3,16H2,1-2H3/b10-9+. The van der Waals surface area contributed by atoms with Gasteiger partial charge in [-0.05, 0) is 43.2 Å². The number of halogens is 3. The molecule has 2 heterocycles. The molecule has 0 unspecified atom stereocenters. The highest BCUT2D eigenvalue weighted by atomic mass is 32.1. The maximum atomic E-state index is 13.6. The minimum Gasteiger partial charge on any atom is -0.462 e. The molecule has 35 heavy (non-hydrogen) atoms. The van der Waals surface area contributed by atoms with Crippen molar-refractivity contribution in [2.75, 3.05) is 6.61 Å². The number of hydrogen-bond donors (Lipinski definition) is 0. The van der Waals surface area contributed by atoms with E-state index in [4.69, 9.17) is 4.74 Å². The molecule has 0 spiro atoms.